The van der Waals surface area contributed by atoms with E-state index in [0.717, 1.165) is 17.5 Å². The Labute approximate surface area is 171 Å². The molecule has 0 aromatic heterocycles. The minimum Gasteiger partial charge on any atom is -0.352 e. The third-order valence-corrected chi connectivity index (χ3v) is 6.63. The maximum Gasteiger partial charge on any atom is 0.224 e. The van der Waals surface area contributed by atoms with E-state index in [9.17, 15) is 13.2 Å². The van der Waals surface area contributed by atoms with Crippen LogP contribution in [-0.2, 0) is 27.1 Å². The summed E-state index contributed by atoms with van der Waals surface area (Å²) in [5, 5.41) is 3.64. The molecule has 5 nitrogen and oxygen atoms in total. The highest BCUT2D eigenvalue weighted by molar-refractivity contribution is 7.88. The average molecular weight is 421 g/mol. The lowest BCUT2D eigenvalue weighted by atomic mass is 10.1. The lowest BCUT2D eigenvalue weighted by molar-refractivity contribution is -0.122. The van der Waals surface area contributed by atoms with E-state index >= 15 is 0 Å². The van der Waals surface area contributed by atoms with Gasteiger partial charge in [-0.25, -0.2) is 13.1 Å². The predicted octanol–water partition coefficient (Wildman–Crippen LogP) is 3.59. The monoisotopic (exact) mass is 420 g/mol. The van der Waals surface area contributed by atoms with Gasteiger partial charge in [-0.3, -0.25) is 4.79 Å². The lowest BCUT2D eigenvalue weighted by Crippen LogP contribution is -2.32. The second-order valence-corrected chi connectivity index (χ2v) is 9.65. The summed E-state index contributed by atoms with van der Waals surface area (Å²) in [6.45, 7) is 3.88. The molecule has 0 aliphatic heterocycles. The zero-order chi connectivity index (χ0) is 20.3. The Morgan fingerprint density at radius 1 is 1.11 bits per heavy atom. The van der Waals surface area contributed by atoms with Gasteiger partial charge in [0.1, 0.15) is 0 Å². The van der Waals surface area contributed by atoms with E-state index in [1.807, 2.05) is 36.4 Å². The van der Waals surface area contributed by atoms with Gasteiger partial charge in [0.15, 0.2) is 0 Å². The van der Waals surface area contributed by atoms with Gasteiger partial charge in [0.25, 0.3) is 0 Å². The molecule has 2 atom stereocenters. The van der Waals surface area contributed by atoms with Crippen molar-refractivity contribution in [2.75, 3.05) is 0 Å². The molecule has 2 aromatic carbocycles. The largest absolute Gasteiger partial charge is 0.352 e. The highest BCUT2D eigenvalue weighted by Crippen LogP contribution is 2.49. The van der Waals surface area contributed by atoms with E-state index < -0.39 is 10.0 Å². The van der Waals surface area contributed by atoms with Crippen LogP contribution in [-0.4, -0.2) is 20.4 Å². The first-order valence-electron chi connectivity index (χ1n) is 9.36. The lowest BCUT2D eigenvalue weighted by Gasteiger charge is -2.13. The molecule has 2 aromatic rings. The number of halogens is 1. The van der Waals surface area contributed by atoms with Gasteiger partial charge in [0, 0.05) is 23.5 Å². The van der Waals surface area contributed by atoms with Gasteiger partial charge in [0.05, 0.1) is 5.75 Å². The predicted molar refractivity (Wildman–Crippen MR) is 111 cm³/mol. The van der Waals surface area contributed by atoms with Gasteiger partial charge >= 0.3 is 0 Å². The van der Waals surface area contributed by atoms with Crippen LogP contribution >= 0.6 is 11.6 Å². The molecule has 150 valence electrons. The third-order valence-electron chi connectivity index (χ3n) is 4.76. The smallest absolute Gasteiger partial charge is 0.224 e. The van der Waals surface area contributed by atoms with Gasteiger partial charge in [-0.2, -0.15) is 0 Å². The van der Waals surface area contributed by atoms with Crippen LogP contribution in [0.4, 0.5) is 0 Å². The summed E-state index contributed by atoms with van der Waals surface area (Å²) in [6.07, 6.45) is 0.782. The number of hydrogen-bond acceptors (Lipinski definition) is 3. The first-order valence-corrected chi connectivity index (χ1v) is 11.4. The Balaban J connectivity index is 1.61. The molecule has 1 amide bonds. The molecule has 0 spiro atoms. The van der Waals surface area contributed by atoms with Gasteiger partial charge < -0.3 is 5.32 Å². The molecule has 3 rings (SSSR count). The van der Waals surface area contributed by atoms with Crippen molar-refractivity contribution in [3.05, 3.63) is 70.2 Å². The summed E-state index contributed by atoms with van der Waals surface area (Å²) in [5.74, 6) is -0.0658. The molecular weight excluding hydrogens is 396 g/mol. The second kappa shape index (κ2) is 8.64. The van der Waals surface area contributed by atoms with Crippen molar-refractivity contribution < 1.29 is 13.2 Å². The summed E-state index contributed by atoms with van der Waals surface area (Å²) in [6, 6.07) is 14.7. The van der Waals surface area contributed by atoms with Crippen molar-refractivity contribution in [1.82, 2.24) is 10.0 Å². The SMILES string of the molecule is CC(C)NS(=O)(=O)Cc1ccccc1CNC(=O)C1CC1c1ccccc1Cl. The standard InChI is InChI=1S/C21H25ClN2O3S/c1-14(2)24-28(26,27)13-16-8-4-3-7-15(16)12-23-21(25)19-11-18(19)17-9-5-6-10-20(17)22/h3-10,14,18-19,24H,11-13H2,1-2H3,(H,23,25). The van der Waals surface area contributed by atoms with Crippen molar-refractivity contribution in [3.8, 4) is 0 Å². The van der Waals surface area contributed by atoms with Gasteiger partial charge in [-0.15, -0.1) is 0 Å². The number of carbonyl (C=O) groups excluding carboxylic acids is 1. The van der Waals surface area contributed by atoms with Crippen molar-refractivity contribution in [2.24, 2.45) is 5.92 Å². The number of rotatable bonds is 8. The number of carbonyl (C=O) groups is 1. The fraction of sp³-hybridized carbons (Fsp3) is 0.381. The molecular formula is C21H25ClN2O3S. The number of benzene rings is 2. The molecule has 28 heavy (non-hydrogen) atoms. The van der Waals surface area contributed by atoms with Crippen molar-refractivity contribution in [3.63, 3.8) is 0 Å². The molecule has 1 fully saturated rings. The molecule has 0 heterocycles. The van der Waals surface area contributed by atoms with E-state index in [1.165, 1.54) is 0 Å². The Bertz CT molecular complexity index is 960. The van der Waals surface area contributed by atoms with Gasteiger partial charge in [0.2, 0.25) is 15.9 Å². The van der Waals surface area contributed by atoms with Crippen LogP contribution in [0.5, 0.6) is 0 Å². The highest BCUT2D eigenvalue weighted by atomic mass is 35.5. The summed E-state index contributed by atoms with van der Waals surface area (Å²) >= 11 is 6.23. The summed E-state index contributed by atoms with van der Waals surface area (Å²) in [4.78, 5) is 12.5. The normalized spacial score (nSPS) is 18.9. The van der Waals surface area contributed by atoms with E-state index in [4.69, 9.17) is 11.6 Å². The fourth-order valence-corrected chi connectivity index (χ4v) is 5.16. The molecule has 2 N–H and O–H groups in total. The quantitative estimate of drug-likeness (QED) is 0.685. The summed E-state index contributed by atoms with van der Waals surface area (Å²) < 4.78 is 27.1. The number of sulfonamides is 1. The van der Waals surface area contributed by atoms with E-state index in [1.54, 1.807) is 26.0 Å². The summed E-state index contributed by atoms with van der Waals surface area (Å²) in [5.41, 5.74) is 2.50. The van der Waals surface area contributed by atoms with Crippen molar-refractivity contribution in [2.45, 2.75) is 44.5 Å². The molecule has 0 radical (unpaired) electrons. The Morgan fingerprint density at radius 2 is 1.75 bits per heavy atom. The van der Waals surface area contributed by atoms with Crippen LogP contribution in [0, 0.1) is 5.92 Å². The Kier molecular flexibility index (Phi) is 6.43. The van der Waals surface area contributed by atoms with Crippen LogP contribution in [0.1, 0.15) is 42.9 Å². The van der Waals surface area contributed by atoms with Crippen LogP contribution in [0.2, 0.25) is 5.02 Å². The Hall–Kier alpha value is -1.89. The minimum atomic E-state index is -3.43. The van der Waals surface area contributed by atoms with Crippen LogP contribution in [0.25, 0.3) is 0 Å². The maximum absolute atomic E-state index is 12.5. The van der Waals surface area contributed by atoms with Crippen LogP contribution in [0.3, 0.4) is 0 Å². The van der Waals surface area contributed by atoms with Gasteiger partial charge in [-0.05, 0) is 48.9 Å². The minimum absolute atomic E-state index is 0.0251. The van der Waals surface area contributed by atoms with Crippen molar-refractivity contribution in [1.29, 1.82) is 0 Å². The van der Waals surface area contributed by atoms with Crippen LogP contribution in [0.15, 0.2) is 48.5 Å². The average Bonchev–Trinajstić information content (AvgIpc) is 3.40. The van der Waals surface area contributed by atoms with E-state index in [2.05, 4.69) is 10.0 Å². The first kappa shape index (κ1) is 20.8. The zero-order valence-electron chi connectivity index (χ0n) is 16.0. The summed E-state index contributed by atoms with van der Waals surface area (Å²) in [7, 11) is -3.43. The second-order valence-electron chi connectivity index (χ2n) is 7.49. The molecule has 1 aliphatic rings. The highest BCUT2D eigenvalue weighted by Gasteiger charge is 2.44. The van der Waals surface area contributed by atoms with Gasteiger partial charge in [-0.1, -0.05) is 54.1 Å². The molecule has 0 bridgehead atoms. The topological polar surface area (TPSA) is 75.3 Å². The Morgan fingerprint density at radius 3 is 2.43 bits per heavy atom. The molecule has 7 heteroatoms. The number of hydrogen-bond donors (Lipinski definition) is 2. The van der Waals surface area contributed by atoms with E-state index in [0.29, 0.717) is 17.1 Å². The fourth-order valence-electron chi connectivity index (χ4n) is 3.39. The maximum atomic E-state index is 12.5. The first-order chi connectivity index (χ1) is 13.3. The van der Waals surface area contributed by atoms with Crippen molar-refractivity contribution >= 4 is 27.5 Å². The molecule has 2 unspecified atom stereocenters. The third kappa shape index (κ3) is 5.34. The molecule has 0 saturated heterocycles. The number of amides is 1. The molecule has 1 aliphatic carbocycles. The number of nitrogens with one attached hydrogen (secondary N) is 2. The zero-order valence-corrected chi connectivity index (χ0v) is 17.6. The molecule has 1 saturated carbocycles. The van der Waals surface area contributed by atoms with Crippen LogP contribution < -0.4 is 10.0 Å². The van der Waals surface area contributed by atoms with E-state index in [-0.39, 0.29) is 29.5 Å².